The Morgan fingerprint density at radius 3 is 2.47 bits per heavy atom. The van der Waals surface area contributed by atoms with E-state index in [4.69, 9.17) is 0 Å². The number of hydrogen-bond donors (Lipinski definition) is 0. The maximum Gasteiger partial charge on any atom is -0.0351 e. The van der Waals surface area contributed by atoms with Crippen molar-refractivity contribution in [3.63, 3.8) is 0 Å². The van der Waals surface area contributed by atoms with Crippen LogP contribution >= 0.6 is 0 Å². The molecule has 0 aromatic heterocycles. The van der Waals surface area contributed by atoms with Gasteiger partial charge in [0.15, 0.2) is 0 Å². The normalized spacial score (nSPS) is 27.1. The van der Waals surface area contributed by atoms with Crippen LogP contribution in [0.15, 0.2) is 12.7 Å². The standard InChI is InChI=1S/C15H28/c1-4-7-9-13(6-3)12-15-11-10-14(15)8-5-2/h4,13-15H,1,5-12H2,2-3H3. The van der Waals surface area contributed by atoms with Crippen molar-refractivity contribution < 1.29 is 0 Å². The fraction of sp³-hybridized carbons (Fsp3) is 0.867. The highest BCUT2D eigenvalue weighted by Gasteiger charge is 2.30. The summed E-state index contributed by atoms with van der Waals surface area (Å²) >= 11 is 0. The Morgan fingerprint density at radius 2 is 2.00 bits per heavy atom. The summed E-state index contributed by atoms with van der Waals surface area (Å²) in [4.78, 5) is 0. The average molecular weight is 208 g/mol. The Kier molecular flexibility index (Phi) is 6.05. The predicted octanol–water partition coefficient (Wildman–Crippen LogP) is 5.20. The molecule has 88 valence electrons. The van der Waals surface area contributed by atoms with Gasteiger partial charge in [-0.1, -0.05) is 39.2 Å². The molecule has 0 heteroatoms. The van der Waals surface area contributed by atoms with Crippen LogP contribution < -0.4 is 0 Å². The summed E-state index contributed by atoms with van der Waals surface area (Å²) in [6.07, 6.45) is 13.4. The van der Waals surface area contributed by atoms with Gasteiger partial charge in [0.05, 0.1) is 0 Å². The Morgan fingerprint density at radius 1 is 1.27 bits per heavy atom. The first kappa shape index (κ1) is 12.8. The largest absolute Gasteiger partial charge is 0.103 e. The van der Waals surface area contributed by atoms with Crippen LogP contribution in [0.25, 0.3) is 0 Å². The van der Waals surface area contributed by atoms with Crippen molar-refractivity contribution in [1.82, 2.24) is 0 Å². The summed E-state index contributed by atoms with van der Waals surface area (Å²) in [7, 11) is 0. The Balaban J connectivity index is 2.22. The molecule has 0 nitrogen and oxygen atoms in total. The molecular formula is C15H28. The van der Waals surface area contributed by atoms with E-state index in [0.29, 0.717) is 0 Å². The molecule has 0 aromatic carbocycles. The fourth-order valence-electron chi connectivity index (χ4n) is 2.97. The zero-order valence-corrected chi connectivity index (χ0v) is 10.7. The van der Waals surface area contributed by atoms with E-state index in [9.17, 15) is 0 Å². The second kappa shape index (κ2) is 7.09. The Labute approximate surface area is 96.2 Å². The molecule has 1 aliphatic rings. The Hall–Kier alpha value is -0.260. The van der Waals surface area contributed by atoms with Crippen molar-refractivity contribution >= 4 is 0 Å². The van der Waals surface area contributed by atoms with Crippen LogP contribution in [0.4, 0.5) is 0 Å². The highest BCUT2D eigenvalue weighted by molar-refractivity contribution is 4.82. The first-order valence-corrected chi connectivity index (χ1v) is 6.92. The molecule has 0 aromatic rings. The lowest BCUT2D eigenvalue weighted by Gasteiger charge is -2.39. The molecule has 0 amide bonds. The van der Waals surface area contributed by atoms with Crippen LogP contribution in [0, 0.1) is 17.8 Å². The summed E-state index contributed by atoms with van der Waals surface area (Å²) < 4.78 is 0. The molecule has 1 fully saturated rings. The number of hydrogen-bond acceptors (Lipinski definition) is 0. The van der Waals surface area contributed by atoms with E-state index in [1.54, 1.807) is 0 Å². The summed E-state index contributed by atoms with van der Waals surface area (Å²) in [5.74, 6) is 3.11. The zero-order valence-electron chi connectivity index (χ0n) is 10.7. The molecule has 0 radical (unpaired) electrons. The minimum atomic E-state index is 0.965. The maximum atomic E-state index is 3.82. The summed E-state index contributed by atoms with van der Waals surface area (Å²) in [5.41, 5.74) is 0. The van der Waals surface area contributed by atoms with Crippen LogP contribution in [0.3, 0.4) is 0 Å². The molecule has 1 rings (SSSR count). The summed E-state index contributed by atoms with van der Waals surface area (Å²) in [5, 5.41) is 0. The van der Waals surface area contributed by atoms with Crippen molar-refractivity contribution in [3.8, 4) is 0 Å². The number of rotatable bonds is 8. The van der Waals surface area contributed by atoms with Crippen molar-refractivity contribution in [1.29, 1.82) is 0 Å². The minimum Gasteiger partial charge on any atom is -0.103 e. The smallest absolute Gasteiger partial charge is 0.0351 e. The van der Waals surface area contributed by atoms with E-state index >= 15 is 0 Å². The van der Waals surface area contributed by atoms with Crippen LogP contribution in [0.2, 0.25) is 0 Å². The molecular weight excluding hydrogens is 180 g/mol. The second-order valence-corrected chi connectivity index (χ2v) is 5.26. The van der Waals surface area contributed by atoms with Gasteiger partial charge in [0.2, 0.25) is 0 Å². The van der Waals surface area contributed by atoms with E-state index in [2.05, 4.69) is 26.5 Å². The third kappa shape index (κ3) is 4.01. The molecule has 0 heterocycles. The SMILES string of the molecule is C=CCCC(CC)CC1CCC1CCC. The van der Waals surface area contributed by atoms with Crippen LogP contribution in [-0.2, 0) is 0 Å². The van der Waals surface area contributed by atoms with E-state index in [1.165, 1.54) is 51.4 Å². The van der Waals surface area contributed by atoms with E-state index in [-0.39, 0.29) is 0 Å². The molecule has 0 aliphatic heterocycles. The molecule has 0 bridgehead atoms. The van der Waals surface area contributed by atoms with Gasteiger partial charge >= 0.3 is 0 Å². The van der Waals surface area contributed by atoms with Gasteiger partial charge in [-0.3, -0.25) is 0 Å². The van der Waals surface area contributed by atoms with Gasteiger partial charge in [0.1, 0.15) is 0 Å². The fourth-order valence-corrected chi connectivity index (χ4v) is 2.97. The molecule has 0 N–H and O–H groups in total. The topological polar surface area (TPSA) is 0 Å². The first-order chi connectivity index (χ1) is 7.31. The van der Waals surface area contributed by atoms with Crippen LogP contribution in [-0.4, -0.2) is 0 Å². The highest BCUT2D eigenvalue weighted by Crippen LogP contribution is 2.42. The van der Waals surface area contributed by atoms with E-state index < -0.39 is 0 Å². The molecule has 15 heavy (non-hydrogen) atoms. The van der Waals surface area contributed by atoms with E-state index in [1.807, 2.05) is 0 Å². The lowest BCUT2D eigenvalue weighted by Crippen LogP contribution is -2.27. The average Bonchev–Trinajstić information content (AvgIpc) is 2.24. The molecule has 0 saturated heterocycles. The van der Waals surface area contributed by atoms with Crippen LogP contribution in [0.5, 0.6) is 0 Å². The van der Waals surface area contributed by atoms with Gasteiger partial charge in [-0.05, 0) is 49.9 Å². The second-order valence-electron chi connectivity index (χ2n) is 5.26. The lowest BCUT2D eigenvalue weighted by atomic mass is 9.67. The maximum absolute atomic E-state index is 3.82. The zero-order chi connectivity index (χ0) is 11.1. The van der Waals surface area contributed by atoms with Gasteiger partial charge in [-0.15, -0.1) is 6.58 Å². The van der Waals surface area contributed by atoms with Crippen molar-refractivity contribution in [2.75, 3.05) is 0 Å². The predicted molar refractivity (Wildman–Crippen MR) is 69.0 cm³/mol. The minimum absolute atomic E-state index is 0.965. The monoisotopic (exact) mass is 208 g/mol. The lowest BCUT2D eigenvalue weighted by molar-refractivity contribution is 0.126. The molecule has 1 aliphatic carbocycles. The third-order valence-corrected chi connectivity index (χ3v) is 4.23. The van der Waals surface area contributed by atoms with Crippen LogP contribution in [0.1, 0.15) is 65.2 Å². The Bertz CT molecular complexity index is 171. The molecule has 1 saturated carbocycles. The first-order valence-electron chi connectivity index (χ1n) is 6.92. The van der Waals surface area contributed by atoms with Gasteiger partial charge in [0.25, 0.3) is 0 Å². The van der Waals surface area contributed by atoms with Gasteiger partial charge in [-0.2, -0.15) is 0 Å². The molecule has 0 spiro atoms. The summed E-state index contributed by atoms with van der Waals surface area (Å²) in [6, 6.07) is 0. The third-order valence-electron chi connectivity index (χ3n) is 4.23. The van der Waals surface area contributed by atoms with E-state index in [0.717, 1.165) is 17.8 Å². The van der Waals surface area contributed by atoms with Crippen molar-refractivity contribution in [3.05, 3.63) is 12.7 Å². The molecule has 3 unspecified atom stereocenters. The van der Waals surface area contributed by atoms with Crippen molar-refractivity contribution in [2.45, 2.75) is 65.2 Å². The highest BCUT2D eigenvalue weighted by atomic mass is 14.4. The van der Waals surface area contributed by atoms with Gasteiger partial charge in [0, 0.05) is 0 Å². The van der Waals surface area contributed by atoms with Crippen molar-refractivity contribution in [2.24, 2.45) is 17.8 Å². The van der Waals surface area contributed by atoms with Gasteiger partial charge in [-0.25, -0.2) is 0 Å². The summed E-state index contributed by atoms with van der Waals surface area (Å²) in [6.45, 7) is 8.50. The number of allylic oxidation sites excluding steroid dienone is 1. The molecule has 3 atom stereocenters. The van der Waals surface area contributed by atoms with Gasteiger partial charge < -0.3 is 0 Å². The quantitative estimate of drug-likeness (QED) is 0.481.